The molecule has 0 aromatic carbocycles. The molecule has 85 heavy (non-hydrogen) atoms. The van der Waals surface area contributed by atoms with E-state index in [-0.39, 0.29) is 19.4 Å². The summed E-state index contributed by atoms with van der Waals surface area (Å²) in [6.07, 6.45) is 71.5. The quantitative estimate of drug-likeness (QED) is 0.0195. The van der Waals surface area contributed by atoms with E-state index in [4.69, 9.17) is 14.2 Å². The standard InChI is InChI=1S/C74H129NO10/c1-4-7-10-13-16-19-22-25-27-29-30-31-32-33-34-35-36-37-39-40-43-46-49-52-55-58-61-67(78)73(82)75-65(66(77)60-57-54-51-48-45-42-24-21-18-15-12-9-6-3)64-83-74-72(71(81)70(80)68(63-76)84-74)85-69(79)62-59-56-53-50-47-44-41-38-28-26-23-20-17-14-11-8-5-2/h7,10,16,19,25-28,30-31,33-34,36-37,57,60,65-68,70-72,74,76-78,80-81H,4-6,8-9,11-15,17-18,20-24,29,32,35,38-56,58-59,61-64H2,1-3H3,(H,75,82)/b10-7-,19-16-,27-25-,28-26+,31-30-,34-33-,37-36-,60-57+. The van der Waals surface area contributed by atoms with Gasteiger partial charge in [-0.15, -0.1) is 0 Å². The molecule has 11 heteroatoms. The third kappa shape index (κ3) is 48.2. The highest BCUT2D eigenvalue weighted by Gasteiger charge is 2.47. The van der Waals surface area contributed by atoms with Crippen LogP contribution in [-0.2, 0) is 23.8 Å². The lowest BCUT2D eigenvalue weighted by Gasteiger charge is -2.41. The normalized spacial score (nSPS) is 19.0. The summed E-state index contributed by atoms with van der Waals surface area (Å²) in [7, 11) is 0. The zero-order valence-electron chi connectivity index (χ0n) is 54.5. The third-order valence-electron chi connectivity index (χ3n) is 16.0. The third-order valence-corrected chi connectivity index (χ3v) is 16.0. The molecule has 1 amide bonds. The monoisotopic (exact) mass is 1190 g/mol. The zero-order valence-corrected chi connectivity index (χ0v) is 54.5. The molecule has 0 bridgehead atoms. The number of aliphatic hydroxyl groups is 5. The first-order chi connectivity index (χ1) is 41.7. The number of esters is 1. The molecule has 11 nitrogen and oxygen atoms in total. The Balaban J connectivity index is 2.62. The van der Waals surface area contributed by atoms with Crippen LogP contribution in [-0.4, -0.2) is 99.6 Å². The van der Waals surface area contributed by atoms with E-state index in [1.165, 1.54) is 122 Å². The largest absolute Gasteiger partial charge is 0.454 e. The van der Waals surface area contributed by atoms with Gasteiger partial charge in [0.05, 0.1) is 25.4 Å². The molecular formula is C74H129NO10. The zero-order chi connectivity index (χ0) is 61.7. The molecule has 490 valence electrons. The molecular weight excluding hydrogens is 1060 g/mol. The van der Waals surface area contributed by atoms with E-state index < -0.39 is 67.4 Å². The number of allylic oxidation sites excluding steroid dienone is 15. The van der Waals surface area contributed by atoms with Crippen molar-refractivity contribution in [2.45, 2.75) is 346 Å². The molecule has 8 atom stereocenters. The number of carbonyl (C=O) groups excluding carboxylic acids is 2. The minimum atomic E-state index is -1.62. The summed E-state index contributed by atoms with van der Waals surface area (Å²) < 4.78 is 17.7. The Morgan fingerprint density at radius 1 is 0.471 bits per heavy atom. The topological polar surface area (TPSA) is 175 Å². The van der Waals surface area contributed by atoms with Crippen molar-refractivity contribution >= 4 is 11.9 Å². The Hall–Kier alpha value is -3.42. The molecule has 0 radical (unpaired) electrons. The van der Waals surface area contributed by atoms with Crippen molar-refractivity contribution in [1.82, 2.24) is 5.32 Å². The Labute approximate surface area is 520 Å². The fourth-order valence-electron chi connectivity index (χ4n) is 10.5. The summed E-state index contributed by atoms with van der Waals surface area (Å²) >= 11 is 0. The van der Waals surface area contributed by atoms with Gasteiger partial charge in [-0.3, -0.25) is 9.59 Å². The lowest BCUT2D eigenvalue weighted by atomic mass is 9.99. The van der Waals surface area contributed by atoms with E-state index in [9.17, 15) is 35.1 Å². The molecule has 1 aliphatic rings. The molecule has 0 aromatic heterocycles. The lowest BCUT2D eigenvalue weighted by molar-refractivity contribution is -0.305. The SMILES string of the molecule is CC/C=C\C/C=C\C/C=C\C/C=C\C/C=C\C/C=C\CCCCCCCCCC(O)C(=O)NC(COC1OC(CO)C(O)C(O)C1OC(=O)CCCCCCCCC/C=C/CCCCCCCC)C(O)/C=C/CCCCCCCCCCCCC. The number of hydrogen-bond acceptors (Lipinski definition) is 10. The average molecular weight is 1190 g/mol. The second-order valence-electron chi connectivity index (χ2n) is 23.9. The second kappa shape index (κ2) is 60.8. The summed E-state index contributed by atoms with van der Waals surface area (Å²) in [5.41, 5.74) is 0. The van der Waals surface area contributed by atoms with Crippen LogP contribution in [0.2, 0.25) is 0 Å². The summed E-state index contributed by atoms with van der Waals surface area (Å²) in [6.45, 7) is 5.69. The second-order valence-corrected chi connectivity index (χ2v) is 23.9. The van der Waals surface area contributed by atoms with Crippen LogP contribution in [0.4, 0.5) is 0 Å². The van der Waals surface area contributed by atoms with Gasteiger partial charge < -0.3 is 45.1 Å². The number of ether oxygens (including phenoxy) is 3. The number of carbonyl (C=O) groups is 2. The number of nitrogens with one attached hydrogen (secondary N) is 1. The number of rotatable bonds is 59. The Kier molecular flexibility index (Phi) is 57.0. The Morgan fingerprint density at radius 2 is 0.847 bits per heavy atom. The van der Waals surface area contributed by atoms with Crippen LogP contribution >= 0.6 is 0 Å². The van der Waals surface area contributed by atoms with E-state index in [1.807, 2.05) is 6.08 Å². The molecule has 8 unspecified atom stereocenters. The molecule has 6 N–H and O–H groups in total. The van der Waals surface area contributed by atoms with Gasteiger partial charge in [-0.1, -0.05) is 285 Å². The fourth-order valence-corrected chi connectivity index (χ4v) is 10.5. The van der Waals surface area contributed by atoms with Crippen molar-refractivity contribution in [2.75, 3.05) is 13.2 Å². The van der Waals surface area contributed by atoms with Crippen LogP contribution in [0.15, 0.2) is 97.2 Å². The minimum absolute atomic E-state index is 0.115. The minimum Gasteiger partial charge on any atom is -0.454 e. The van der Waals surface area contributed by atoms with Crippen molar-refractivity contribution in [3.63, 3.8) is 0 Å². The van der Waals surface area contributed by atoms with Gasteiger partial charge in [0.15, 0.2) is 12.4 Å². The van der Waals surface area contributed by atoms with Gasteiger partial charge in [0, 0.05) is 6.42 Å². The molecule has 0 spiro atoms. The summed E-state index contributed by atoms with van der Waals surface area (Å²) in [5.74, 6) is -1.21. The maximum atomic E-state index is 13.5. The van der Waals surface area contributed by atoms with Crippen LogP contribution < -0.4 is 5.32 Å². The van der Waals surface area contributed by atoms with Crippen molar-refractivity contribution < 1.29 is 49.3 Å². The molecule has 1 saturated heterocycles. The lowest BCUT2D eigenvalue weighted by Crippen LogP contribution is -2.61. The van der Waals surface area contributed by atoms with Crippen molar-refractivity contribution in [3.8, 4) is 0 Å². The first-order valence-corrected chi connectivity index (χ1v) is 35.0. The van der Waals surface area contributed by atoms with Crippen LogP contribution in [0.5, 0.6) is 0 Å². The smallest absolute Gasteiger partial charge is 0.306 e. The average Bonchev–Trinajstić information content (AvgIpc) is 3.22. The van der Waals surface area contributed by atoms with Crippen LogP contribution in [0.1, 0.15) is 297 Å². The van der Waals surface area contributed by atoms with Crippen LogP contribution in [0, 0.1) is 0 Å². The van der Waals surface area contributed by atoms with Crippen LogP contribution in [0.25, 0.3) is 0 Å². The summed E-state index contributed by atoms with van der Waals surface area (Å²) in [4.78, 5) is 26.7. The summed E-state index contributed by atoms with van der Waals surface area (Å²) in [5, 5.41) is 57.2. The van der Waals surface area contributed by atoms with E-state index in [0.29, 0.717) is 12.8 Å². The van der Waals surface area contributed by atoms with Crippen LogP contribution in [0.3, 0.4) is 0 Å². The summed E-state index contributed by atoms with van der Waals surface area (Å²) in [6, 6.07) is -1.04. The number of hydrogen-bond donors (Lipinski definition) is 6. The van der Waals surface area contributed by atoms with Crippen molar-refractivity contribution in [2.24, 2.45) is 0 Å². The molecule has 0 aromatic rings. The molecule has 0 saturated carbocycles. The maximum Gasteiger partial charge on any atom is 0.306 e. The predicted octanol–water partition coefficient (Wildman–Crippen LogP) is 17.8. The first kappa shape index (κ1) is 79.6. The van der Waals surface area contributed by atoms with Gasteiger partial charge >= 0.3 is 5.97 Å². The fraction of sp³-hybridized carbons (Fsp3) is 0.757. The van der Waals surface area contributed by atoms with Gasteiger partial charge in [-0.2, -0.15) is 0 Å². The van der Waals surface area contributed by atoms with Gasteiger partial charge in [0.1, 0.15) is 24.4 Å². The Bertz CT molecular complexity index is 1750. The maximum absolute atomic E-state index is 13.5. The van der Waals surface area contributed by atoms with E-state index >= 15 is 0 Å². The molecule has 1 rings (SSSR count). The van der Waals surface area contributed by atoms with Crippen molar-refractivity contribution in [1.29, 1.82) is 0 Å². The van der Waals surface area contributed by atoms with E-state index in [2.05, 4.69) is 111 Å². The predicted molar refractivity (Wildman–Crippen MR) is 356 cm³/mol. The number of unbranched alkanes of at least 4 members (excludes halogenated alkanes) is 31. The number of amides is 1. The first-order valence-electron chi connectivity index (χ1n) is 35.0. The van der Waals surface area contributed by atoms with Gasteiger partial charge in [0.25, 0.3) is 0 Å². The van der Waals surface area contributed by atoms with Gasteiger partial charge in [0.2, 0.25) is 5.91 Å². The van der Waals surface area contributed by atoms with Gasteiger partial charge in [-0.25, -0.2) is 0 Å². The molecule has 1 aliphatic heterocycles. The highest BCUT2D eigenvalue weighted by Crippen LogP contribution is 2.26. The molecule has 0 aliphatic carbocycles. The molecule has 1 heterocycles. The highest BCUT2D eigenvalue weighted by atomic mass is 16.7. The highest BCUT2D eigenvalue weighted by molar-refractivity contribution is 5.80. The van der Waals surface area contributed by atoms with E-state index in [1.54, 1.807) is 6.08 Å². The van der Waals surface area contributed by atoms with Crippen molar-refractivity contribution in [3.05, 3.63) is 97.2 Å². The molecule has 1 fully saturated rings. The Morgan fingerprint density at radius 3 is 1.28 bits per heavy atom. The van der Waals surface area contributed by atoms with E-state index in [0.717, 1.165) is 128 Å². The van der Waals surface area contributed by atoms with Gasteiger partial charge in [-0.05, 0) is 103 Å². The number of aliphatic hydroxyl groups excluding tert-OH is 5.